The summed E-state index contributed by atoms with van der Waals surface area (Å²) in [4.78, 5) is 0. The summed E-state index contributed by atoms with van der Waals surface area (Å²) in [5, 5.41) is 4.85. The number of rotatable bonds is 4. The van der Waals surface area contributed by atoms with Gasteiger partial charge in [0.25, 0.3) is 0 Å². The van der Waals surface area contributed by atoms with Gasteiger partial charge in [-0.1, -0.05) is 35.9 Å². The number of aromatic nitrogens is 2. The van der Waals surface area contributed by atoms with Crippen LogP contribution in [0.1, 0.15) is 0 Å². The molecule has 0 aliphatic rings. The molecule has 0 bridgehead atoms. The second-order valence-corrected chi connectivity index (χ2v) is 4.73. The molecule has 5 heteroatoms. The number of hydrogen-bond donors (Lipinski definition) is 0. The minimum Gasteiger partial charge on any atom is -0.494 e. The Morgan fingerprint density at radius 2 is 1.71 bits per heavy atom. The molecule has 2 aromatic carbocycles. The Balaban J connectivity index is 1.89. The Hall–Kier alpha value is -2.46. The van der Waals surface area contributed by atoms with Crippen LogP contribution in [-0.4, -0.2) is 16.9 Å². The molecule has 21 heavy (non-hydrogen) atoms. The van der Waals surface area contributed by atoms with Crippen molar-refractivity contribution < 1.29 is 9.47 Å². The van der Waals surface area contributed by atoms with Gasteiger partial charge in [0, 0.05) is 0 Å². The van der Waals surface area contributed by atoms with Crippen molar-refractivity contribution in [3.63, 3.8) is 0 Å². The van der Waals surface area contributed by atoms with Crippen LogP contribution in [0.5, 0.6) is 17.2 Å². The summed E-state index contributed by atoms with van der Waals surface area (Å²) >= 11 is 6.07. The lowest BCUT2D eigenvalue weighted by Gasteiger charge is -2.07. The third kappa shape index (κ3) is 2.85. The fourth-order valence-corrected chi connectivity index (χ4v) is 2.14. The molecule has 0 atom stereocenters. The summed E-state index contributed by atoms with van der Waals surface area (Å²) in [7, 11) is 1.63. The van der Waals surface area contributed by atoms with Gasteiger partial charge in [-0.2, -0.15) is 5.10 Å². The van der Waals surface area contributed by atoms with E-state index >= 15 is 0 Å². The number of benzene rings is 2. The molecule has 0 spiro atoms. The number of nitrogens with zero attached hydrogens (tertiary/aromatic N) is 2. The molecular weight excluding hydrogens is 288 g/mol. The molecule has 1 heterocycles. The van der Waals surface area contributed by atoms with Crippen molar-refractivity contribution in [3.8, 4) is 22.9 Å². The Kier molecular flexibility index (Phi) is 3.79. The van der Waals surface area contributed by atoms with Crippen LogP contribution in [0, 0.1) is 0 Å². The van der Waals surface area contributed by atoms with Gasteiger partial charge in [-0.25, -0.2) is 4.68 Å². The van der Waals surface area contributed by atoms with E-state index in [4.69, 9.17) is 21.1 Å². The number of ether oxygens (including phenoxy) is 2. The molecular formula is C16H13ClN2O2. The highest BCUT2D eigenvalue weighted by Gasteiger charge is 2.08. The highest BCUT2D eigenvalue weighted by atomic mass is 35.5. The highest BCUT2D eigenvalue weighted by Crippen LogP contribution is 2.29. The number of para-hydroxylation sites is 3. The third-order valence-electron chi connectivity index (χ3n) is 2.96. The van der Waals surface area contributed by atoms with Crippen LogP contribution in [0.15, 0.2) is 60.9 Å². The number of halogens is 1. The van der Waals surface area contributed by atoms with Crippen LogP contribution in [0.25, 0.3) is 5.69 Å². The molecule has 0 aliphatic heterocycles. The lowest BCUT2D eigenvalue weighted by Crippen LogP contribution is -1.97. The second kappa shape index (κ2) is 5.89. The van der Waals surface area contributed by atoms with Crippen molar-refractivity contribution in [1.82, 2.24) is 9.78 Å². The molecule has 0 radical (unpaired) electrons. The van der Waals surface area contributed by atoms with Crippen LogP contribution in [0.3, 0.4) is 0 Å². The smallest absolute Gasteiger partial charge is 0.165 e. The molecule has 0 unspecified atom stereocenters. The van der Waals surface area contributed by atoms with Crippen LogP contribution >= 0.6 is 11.6 Å². The molecule has 106 valence electrons. The summed E-state index contributed by atoms with van der Waals surface area (Å²) in [6.07, 6.45) is 3.41. The first-order chi connectivity index (χ1) is 10.3. The van der Waals surface area contributed by atoms with Gasteiger partial charge in [-0.05, 0) is 24.3 Å². The quantitative estimate of drug-likeness (QED) is 0.719. The fourth-order valence-electron chi connectivity index (χ4n) is 1.96. The van der Waals surface area contributed by atoms with Crippen molar-refractivity contribution in [2.75, 3.05) is 7.11 Å². The Bertz CT molecular complexity index is 755. The van der Waals surface area contributed by atoms with Crippen LogP contribution in [0.4, 0.5) is 0 Å². The van der Waals surface area contributed by atoms with Gasteiger partial charge in [0.15, 0.2) is 5.75 Å². The molecule has 0 N–H and O–H groups in total. The first-order valence-electron chi connectivity index (χ1n) is 6.38. The monoisotopic (exact) mass is 300 g/mol. The molecule has 0 saturated heterocycles. The Morgan fingerprint density at radius 3 is 2.48 bits per heavy atom. The molecule has 0 aliphatic carbocycles. The van der Waals surface area contributed by atoms with E-state index in [0.29, 0.717) is 16.5 Å². The lowest BCUT2D eigenvalue weighted by atomic mass is 10.3. The van der Waals surface area contributed by atoms with Crippen molar-refractivity contribution in [3.05, 3.63) is 65.9 Å². The van der Waals surface area contributed by atoms with E-state index in [9.17, 15) is 0 Å². The van der Waals surface area contributed by atoms with Crippen molar-refractivity contribution in [2.45, 2.75) is 0 Å². The third-order valence-corrected chi connectivity index (χ3v) is 3.27. The van der Waals surface area contributed by atoms with Crippen LogP contribution in [-0.2, 0) is 0 Å². The van der Waals surface area contributed by atoms with E-state index in [1.54, 1.807) is 30.3 Å². The maximum absolute atomic E-state index is 6.07. The summed E-state index contributed by atoms with van der Waals surface area (Å²) in [6, 6.07) is 14.9. The first-order valence-corrected chi connectivity index (χ1v) is 6.76. The SMILES string of the molecule is COc1ccccc1-n1cc(Oc2ccccc2Cl)cn1. The minimum atomic E-state index is 0.558. The van der Waals surface area contributed by atoms with E-state index in [0.717, 1.165) is 11.4 Å². The average Bonchev–Trinajstić information content (AvgIpc) is 2.98. The predicted octanol–water partition coefficient (Wildman–Crippen LogP) is 4.33. The van der Waals surface area contributed by atoms with Gasteiger partial charge in [-0.15, -0.1) is 0 Å². The maximum Gasteiger partial charge on any atom is 0.165 e. The van der Waals surface area contributed by atoms with E-state index in [-0.39, 0.29) is 0 Å². The lowest BCUT2D eigenvalue weighted by molar-refractivity contribution is 0.411. The summed E-state index contributed by atoms with van der Waals surface area (Å²) < 4.78 is 12.8. The van der Waals surface area contributed by atoms with Gasteiger partial charge in [0.2, 0.25) is 0 Å². The first kappa shape index (κ1) is 13.5. The van der Waals surface area contributed by atoms with Gasteiger partial charge < -0.3 is 9.47 Å². The second-order valence-electron chi connectivity index (χ2n) is 4.32. The summed E-state index contributed by atoms with van der Waals surface area (Å²) in [5.74, 6) is 1.94. The van der Waals surface area contributed by atoms with Crippen molar-refractivity contribution >= 4 is 11.6 Å². The highest BCUT2D eigenvalue weighted by molar-refractivity contribution is 6.32. The predicted molar refractivity (Wildman–Crippen MR) is 81.6 cm³/mol. The molecule has 4 nitrogen and oxygen atoms in total. The van der Waals surface area contributed by atoms with Gasteiger partial charge in [0.1, 0.15) is 17.2 Å². The topological polar surface area (TPSA) is 36.3 Å². The molecule has 0 amide bonds. The molecule has 3 aromatic rings. The van der Waals surface area contributed by atoms with Crippen molar-refractivity contribution in [1.29, 1.82) is 0 Å². The Morgan fingerprint density at radius 1 is 1.00 bits per heavy atom. The molecule has 1 aromatic heterocycles. The zero-order valence-electron chi connectivity index (χ0n) is 11.4. The van der Waals surface area contributed by atoms with Gasteiger partial charge >= 0.3 is 0 Å². The number of hydrogen-bond acceptors (Lipinski definition) is 3. The maximum atomic E-state index is 6.07. The standard InChI is InChI=1S/C16H13ClN2O2/c1-20-16-9-5-3-7-14(16)19-11-12(10-18-19)21-15-8-4-2-6-13(15)17/h2-11H,1H3. The number of methoxy groups -OCH3 is 1. The summed E-state index contributed by atoms with van der Waals surface area (Å²) in [5.41, 5.74) is 0.842. The van der Waals surface area contributed by atoms with E-state index in [2.05, 4.69) is 5.10 Å². The summed E-state index contributed by atoms with van der Waals surface area (Å²) in [6.45, 7) is 0. The average molecular weight is 301 g/mol. The van der Waals surface area contributed by atoms with Crippen molar-refractivity contribution in [2.24, 2.45) is 0 Å². The van der Waals surface area contributed by atoms with Gasteiger partial charge in [-0.3, -0.25) is 0 Å². The van der Waals surface area contributed by atoms with Gasteiger partial charge in [0.05, 0.1) is 24.5 Å². The zero-order valence-corrected chi connectivity index (χ0v) is 12.1. The van der Waals surface area contributed by atoms with Crippen LogP contribution < -0.4 is 9.47 Å². The minimum absolute atomic E-state index is 0.558. The molecule has 0 fully saturated rings. The Labute approximate surface area is 127 Å². The normalized spacial score (nSPS) is 10.4. The fraction of sp³-hybridized carbons (Fsp3) is 0.0625. The van der Waals surface area contributed by atoms with E-state index in [1.807, 2.05) is 42.5 Å². The molecule has 3 rings (SSSR count). The van der Waals surface area contributed by atoms with E-state index in [1.165, 1.54) is 0 Å². The van der Waals surface area contributed by atoms with E-state index < -0.39 is 0 Å². The molecule has 0 saturated carbocycles. The van der Waals surface area contributed by atoms with Crippen LogP contribution in [0.2, 0.25) is 5.02 Å². The zero-order chi connectivity index (χ0) is 14.7. The largest absolute Gasteiger partial charge is 0.494 e.